The second kappa shape index (κ2) is 15.2. The molecule has 2 heterocycles. The number of nitrogens with one attached hydrogen (secondary N) is 1. The number of rotatable bonds is 11. The van der Waals surface area contributed by atoms with Crippen molar-refractivity contribution < 1.29 is 31.7 Å². The van der Waals surface area contributed by atoms with Gasteiger partial charge in [-0.3, -0.25) is 29.2 Å². The number of hydrogen-bond donors (Lipinski definition) is 1. The Kier molecular flexibility index (Phi) is 10.8. The van der Waals surface area contributed by atoms with E-state index < -0.39 is 44.1 Å². The number of methoxy groups -OCH3 is 1. The quantitative estimate of drug-likeness (QED) is 0.147. The highest BCUT2D eigenvalue weighted by Crippen LogP contribution is 2.26. The number of piperazine rings is 1. The summed E-state index contributed by atoms with van der Waals surface area (Å²) >= 11 is 3.41. The van der Waals surface area contributed by atoms with Crippen molar-refractivity contribution in [2.45, 2.75) is 17.4 Å². The topological polar surface area (TPSA) is 157 Å². The maximum absolute atomic E-state index is 14.4. The van der Waals surface area contributed by atoms with Crippen LogP contribution >= 0.6 is 15.9 Å². The van der Waals surface area contributed by atoms with Gasteiger partial charge in [-0.15, -0.1) is 0 Å². The second-order valence-corrected chi connectivity index (χ2v) is 14.9. The zero-order valence-electron chi connectivity index (χ0n) is 27.5. The first-order valence-corrected chi connectivity index (χ1v) is 18.1. The van der Waals surface area contributed by atoms with Crippen LogP contribution in [0.3, 0.4) is 0 Å². The number of ether oxygens (including phenoxy) is 1. The average Bonchev–Trinajstić information content (AvgIpc) is 3.11. The van der Waals surface area contributed by atoms with Gasteiger partial charge in [0.25, 0.3) is 11.2 Å². The molecular weight excluding hydrogens is 766 g/mol. The molecule has 4 aromatic carbocycles. The van der Waals surface area contributed by atoms with Crippen LogP contribution in [0.25, 0.3) is 16.6 Å². The number of non-ortho nitro benzene ring substituents is 1. The highest BCUT2D eigenvalue weighted by atomic mass is 79.9. The zero-order chi connectivity index (χ0) is 37.2. The number of carbonyl (C=O) groups is 1. The molecule has 0 saturated carbocycles. The Hall–Kier alpha value is -5.10. The van der Waals surface area contributed by atoms with Crippen molar-refractivity contribution >= 4 is 48.5 Å². The molecule has 0 unspecified atom stereocenters. The molecule has 1 amide bonds. The van der Waals surface area contributed by atoms with Crippen LogP contribution in [0.4, 0.5) is 14.5 Å². The summed E-state index contributed by atoms with van der Waals surface area (Å²) in [5.41, 5.74) is 0.274. The third kappa shape index (κ3) is 8.02. The van der Waals surface area contributed by atoms with E-state index >= 15 is 0 Å². The van der Waals surface area contributed by atoms with E-state index in [-0.39, 0.29) is 61.1 Å². The average molecular weight is 798 g/mol. The van der Waals surface area contributed by atoms with Gasteiger partial charge in [0.1, 0.15) is 23.2 Å². The summed E-state index contributed by atoms with van der Waals surface area (Å²) in [6.45, 7) is 0.329. The third-order valence-corrected chi connectivity index (χ3v) is 11.0. The van der Waals surface area contributed by atoms with Gasteiger partial charge in [0.05, 0.1) is 46.1 Å². The molecule has 0 radical (unpaired) electrons. The number of halogens is 3. The summed E-state index contributed by atoms with van der Waals surface area (Å²) in [4.78, 5) is 44.7. The smallest absolute Gasteiger partial charge is 0.269 e. The van der Waals surface area contributed by atoms with Crippen LogP contribution in [0.2, 0.25) is 0 Å². The van der Waals surface area contributed by atoms with Gasteiger partial charge in [-0.05, 0) is 72.3 Å². The van der Waals surface area contributed by atoms with E-state index in [1.807, 2.05) is 0 Å². The fourth-order valence-electron chi connectivity index (χ4n) is 6.02. The van der Waals surface area contributed by atoms with Crippen LogP contribution < -0.4 is 15.6 Å². The Morgan fingerprint density at radius 3 is 2.25 bits per heavy atom. The molecular formula is C35H31BrF2N6O7S. The van der Waals surface area contributed by atoms with Crippen LogP contribution in [-0.2, 0) is 21.2 Å². The summed E-state index contributed by atoms with van der Waals surface area (Å²) in [7, 11) is -2.44. The van der Waals surface area contributed by atoms with E-state index in [2.05, 4.69) is 21.2 Å². The lowest BCUT2D eigenvalue weighted by atomic mass is 10.0. The molecule has 0 aliphatic carbocycles. The molecule has 0 spiro atoms. The number of fused-ring (bicyclic) bond motifs is 1. The van der Waals surface area contributed by atoms with Crippen molar-refractivity contribution in [1.82, 2.24) is 24.1 Å². The highest BCUT2D eigenvalue weighted by Gasteiger charge is 2.31. The molecule has 1 fully saturated rings. The fourth-order valence-corrected chi connectivity index (χ4v) is 7.79. The first-order valence-electron chi connectivity index (χ1n) is 15.9. The van der Waals surface area contributed by atoms with Gasteiger partial charge < -0.3 is 10.1 Å². The number of carbonyl (C=O) groups excluding carboxylic acids is 1. The molecule has 1 N–H and O–H groups in total. The predicted octanol–water partition coefficient (Wildman–Crippen LogP) is 4.75. The molecule has 1 aromatic heterocycles. The molecule has 0 bridgehead atoms. The molecule has 52 heavy (non-hydrogen) atoms. The monoisotopic (exact) mass is 796 g/mol. The SMILES string of the molecule is COc1ccc(-n2c([C@H](Cc3cc(F)cc(F)c3)NC(=O)CN3CCN(S(=O)(=O)c4ccc([N+](=O)[O-])cc4)CC3)nc3cc(Br)ccc3c2=O)cc1. The Balaban J connectivity index is 1.29. The maximum Gasteiger partial charge on any atom is 0.269 e. The molecule has 1 saturated heterocycles. The summed E-state index contributed by atoms with van der Waals surface area (Å²) in [6.07, 6.45) is -0.135. The van der Waals surface area contributed by atoms with Crippen LogP contribution in [0.5, 0.6) is 5.75 Å². The van der Waals surface area contributed by atoms with Gasteiger partial charge in [-0.25, -0.2) is 22.2 Å². The Morgan fingerprint density at radius 1 is 0.981 bits per heavy atom. The molecule has 17 heteroatoms. The molecule has 1 aliphatic rings. The lowest BCUT2D eigenvalue weighted by Crippen LogP contribution is -2.51. The van der Waals surface area contributed by atoms with E-state index in [1.165, 1.54) is 28.1 Å². The summed E-state index contributed by atoms with van der Waals surface area (Å²) in [5, 5.41) is 14.2. The Morgan fingerprint density at radius 2 is 1.63 bits per heavy atom. The standard InChI is InChI=1S/C35H31BrF2N6O7S/c1-51-28-7-3-26(4-8-28)43-34(40-31-19-23(36)2-11-30(31)35(43)46)32(18-22-16-24(37)20-25(38)17-22)39-33(45)21-41-12-14-42(15-13-41)52(49,50)29-9-5-27(6-10-29)44(47)48/h2-11,16-17,19-20,32H,12-15,18,21H2,1H3,(H,39,45)/t32-/m0/s1. The third-order valence-electron chi connectivity index (χ3n) is 8.58. The number of aromatic nitrogens is 2. The number of nitrogens with zero attached hydrogens (tertiary/aromatic N) is 5. The lowest BCUT2D eigenvalue weighted by Gasteiger charge is -2.34. The van der Waals surface area contributed by atoms with Gasteiger partial charge in [-0.2, -0.15) is 4.31 Å². The number of nitro groups is 1. The molecule has 5 aromatic rings. The molecule has 6 rings (SSSR count). The van der Waals surface area contributed by atoms with Gasteiger partial charge in [0.2, 0.25) is 15.9 Å². The first kappa shape index (κ1) is 36.7. The minimum atomic E-state index is -3.94. The highest BCUT2D eigenvalue weighted by molar-refractivity contribution is 9.10. The predicted molar refractivity (Wildman–Crippen MR) is 191 cm³/mol. The van der Waals surface area contributed by atoms with Crippen molar-refractivity contribution in [2.75, 3.05) is 39.8 Å². The van der Waals surface area contributed by atoms with Gasteiger partial charge in [0, 0.05) is 55.3 Å². The fraction of sp³-hybridized carbons (Fsp3) is 0.229. The first-order chi connectivity index (χ1) is 24.8. The maximum atomic E-state index is 14.4. The Bertz CT molecular complexity index is 2300. The largest absolute Gasteiger partial charge is 0.497 e. The minimum Gasteiger partial charge on any atom is -0.497 e. The van der Waals surface area contributed by atoms with E-state index in [9.17, 15) is 36.9 Å². The molecule has 1 atom stereocenters. The van der Waals surface area contributed by atoms with Gasteiger partial charge >= 0.3 is 0 Å². The van der Waals surface area contributed by atoms with Crippen LogP contribution in [-0.4, -0.2) is 77.8 Å². The number of hydrogen-bond acceptors (Lipinski definition) is 9. The van der Waals surface area contributed by atoms with Crippen molar-refractivity contribution in [1.29, 1.82) is 0 Å². The lowest BCUT2D eigenvalue weighted by molar-refractivity contribution is -0.384. The minimum absolute atomic E-state index is 0.0523. The number of benzene rings is 4. The van der Waals surface area contributed by atoms with Crippen LogP contribution in [0.1, 0.15) is 17.4 Å². The van der Waals surface area contributed by atoms with Gasteiger partial charge in [0.15, 0.2) is 0 Å². The van der Waals surface area contributed by atoms with Crippen LogP contribution in [0, 0.1) is 21.7 Å². The van der Waals surface area contributed by atoms with E-state index in [1.54, 1.807) is 47.4 Å². The molecule has 270 valence electrons. The van der Waals surface area contributed by atoms with Crippen molar-refractivity contribution in [3.63, 3.8) is 0 Å². The number of amides is 1. The normalized spacial score (nSPS) is 14.6. The van der Waals surface area contributed by atoms with Gasteiger partial charge in [-0.1, -0.05) is 15.9 Å². The van der Waals surface area contributed by atoms with E-state index in [0.29, 0.717) is 26.8 Å². The summed E-state index contributed by atoms with van der Waals surface area (Å²) in [6, 6.07) is 18.2. The van der Waals surface area contributed by atoms with Crippen molar-refractivity contribution in [2.24, 2.45) is 0 Å². The Labute approximate surface area is 304 Å². The number of nitro benzene ring substituents is 1. The molecule has 1 aliphatic heterocycles. The zero-order valence-corrected chi connectivity index (χ0v) is 29.9. The van der Waals surface area contributed by atoms with E-state index in [4.69, 9.17) is 9.72 Å². The summed E-state index contributed by atoms with van der Waals surface area (Å²) in [5.74, 6) is -1.48. The number of sulfonamides is 1. The second-order valence-electron chi connectivity index (χ2n) is 12.0. The van der Waals surface area contributed by atoms with Crippen molar-refractivity contribution in [3.05, 3.63) is 133 Å². The summed E-state index contributed by atoms with van der Waals surface area (Å²) < 4.78 is 63.7. The van der Waals surface area contributed by atoms with Crippen LogP contribution in [0.15, 0.2) is 99.1 Å². The molecule has 13 nitrogen and oxygen atoms in total. The van der Waals surface area contributed by atoms with E-state index in [0.717, 1.165) is 30.3 Å². The van der Waals surface area contributed by atoms with Crippen molar-refractivity contribution in [3.8, 4) is 11.4 Å².